The minimum atomic E-state index is -0.782. The Kier molecular flexibility index (Phi) is 8.26. The van der Waals surface area contributed by atoms with E-state index in [1.54, 1.807) is 0 Å². The molecule has 0 bridgehead atoms. The number of carbonyl (C=O) groups is 1. The molecule has 0 amide bonds. The zero-order chi connectivity index (χ0) is 9.61. The van der Waals surface area contributed by atoms with Gasteiger partial charge in [0.1, 0.15) is 13.2 Å². The molecule has 0 aliphatic rings. The molecule has 0 spiro atoms. The predicted octanol–water partition coefficient (Wildman–Crippen LogP) is -2.10. The highest BCUT2D eigenvalue weighted by atomic mass is 35.5. The van der Waals surface area contributed by atoms with E-state index in [0.717, 1.165) is 6.54 Å². The maximum absolute atomic E-state index is 11.9. The Labute approximate surface area is 84.5 Å². The number of nitrogens with zero attached hydrogens (tertiary/aromatic N) is 1. The molecule has 0 unspecified atom stereocenters. The Morgan fingerprint density at radius 2 is 1.92 bits per heavy atom. The molecular weight excluding hydrogens is 197 g/mol. The monoisotopic (exact) mass is 213 g/mol. The van der Waals surface area contributed by atoms with Crippen LogP contribution in [0.1, 0.15) is 12.8 Å². The maximum Gasteiger partial charge on any atom is 0.303 e. The van der Waals surface area contributed by atoms with E-state index < -0.39 is 5.97 Å². The summed E-state index contributed by atoms with van der Waals surface area (Å²) in [6.45, 7) is 0.829. The van der Waals surface area contributed by atoms with E-state index in [1.807, 2.05) is 14.1 Å². The molecule has 3 nitrogen and oxygen atoms in total. The van der Waals surface area contributed by atoms with Crippen molar-refractivity contribution in [3.63, 3.8) is 0 Å². The Morgan fingerprint density at radius 1 is 1.38 bits per heavy atom. The summed E-state index contributed by atoms with van der Waals surface area (Å²) in [6, 6.07) is 0. The number of alkyl halides is 1. The number of rotatable bonds is 6. The maximum atomic E-state index is 11.9. The summed E-state index contributed by atoms with van der Waals surface area (Å²) >= 11 is 0. The van der Waals surface area contributed by atoms with Crippen molar-refractivity contribution in [2.24, 2.45) is 0 Å². The molecule has 0 atom stereocenters. The SMILES string of the molecule is C[N+](C)(CCF)CCCC(=O)O.[Cl-]. The molecule has 0 fully saturated rings. The molecule has 5 heteroatoms. The van der Waals surface area contributed by atoms with Crippen LogP contribution in [-0.4, -0.2) is 49.4 Å². The molecule has 1 N–H and O–H groups in total. The van der Waals surface area contributed by atoms with Crippen molar-refractivity contribution in [3.8, 4) is 0 Å². The van der Waals surface area contributed by atoms with Crippen LogP contribution in [0.25, 0.3) is 0 Å². The minimum absolute atomic E-state index is 0. The van der Waals surface area contributed by atoms with Crippen LogP contribution in [0, 0.1) is 0 Å². The first kappa shape index (κ1) is 15.1. The summed E-state index contributed by atoms with van der Waals surface area (Å²) in [5.41, 5.74) is 0. The van der Waals surface area contributed by atoms with Crippen LogP contribution in [0.5, 0.6) is 0 Å². The van der Waals surface area contributed by atoms with Gasteiger partial charge in [0.2, 0.25) is 0 Å². The van der Waals surface area contributed by atoms with Crippen LogP contribution in [0.4, 0.5) is 4.39 Å². The van der Waals surface area contributed by atoms with Crippen LogP contribution in [0.3, 0.4) is 0 Å². The molecule has 0 saturated heterocycles. The molecule has 0 aliphatic heterocycles. The van der Waals surface area contributed by atoms with Gasteiger partial charge in [0.05, 0.1) is 27.1 Å². The summed E-state index contributed by atoms with van der Waals surface area (Å²) in [4.78, 5) is 10.2. The first-order valence-electron chi connectivity index (χ1n) is 4.08. The normalized spacial score (nSPS) is 10.7. The van der Waals surface area contributed by atoms with Gasteiger partial charge in [-0.05, 0) is 0 Å². The highest BCUT2D eigenvalue weighted by Crippen LogP contribution is 2.01. The summed E-state index contributed by atoms with van der Waals surface area (Å²) in [6.07, 6.45) is 0.788. The van der Waals surface area contributed by atoms with E-state index in [-0.39, 0.29) is 25.5 Å². The van der Waals surface area contributed by atoms with Gasteiger partial charge in [-0.2, -0.15) is 0 Å². The molecule has 0 aromatic carbocycles. The lowest BCUT2D eigenvalue weighted by atomic mass is 10.3. The van der Waals surface area contributed by atoms with E-state index in [4.69, 9.17) is 5.11 Å². The fourth-order valence-electron chi connectivity index (χ4n) is 0.999. The molecule has 0 aromatic rings. The molecule has 0 radical (unpaired) electrons. The largest absolute Gasteiger partial charge is 1.00 e. The van der Waals surface area contributed by atoms with Gasteiger partial charge in [0.25, 0.3) is 0 Å². The van der Waals surface area contributed by atoms with E-state index in [1.165, 1.54) is 0 Å². The van der Waals surface area contributed by atoms with Gasteiger partial charge < -0.3 is 22.0 Å². The van der Waals surface area contributed by atoms with E-state index in [9.17, 15) is 9.18 Å². The third kappa shape index (κ3) is 9.56. The lowest BCUT2D eigenvalue weighted by Crippen LogP contribution is -3.00. The Bertz CT molecular complexity index is 153. The summed E-state index contributed by atoms with van der Waals surface area (Å²) in [5.74, 6) is -0.782. The van der Waals surface area contributed by atoms with E-state index in [0.29, 0.717) is 17.4 Å². The van der Waals surface area contributed by atoms with Crippen LogP contribution >= 0.6 is 0 Å². The minimum Gasteiger partial charge on any atom is -1.00 e. The standard InChI is InChI=1S/C8H16FNO2.ClH/c1-10(2,7-5-9)6-3-4-8(11)12;/h3-7H2,1-2H3;1H. The zero-order valence-corrected chi connectivity index (χ0v) is 8.85. The van der Waals surface area contributed by atoms with Crippen molar-refractivity contribution in [3.05, 3.63) is 0 Å². The molecule has 0 heterocycles. The second kappa shape index (κ2) is 7.09. The lowest BCUT2D eigenvalue weighted by Gasteiger charge is -2.28. The number of halogens is 2. The van der Waals surface area contributed by atoms with Gasteiger partial charge in [0.15, 0.2) is 0 Å². The van der Waals surface area contributed by atoms with Gasteiger partial charge in [-0.15, -0.1) is 0 Å². The quantitative estimate of drug-likeness (QED) is 0.514. The summed E-state index contributed by atoms with van der Waals surface area (Å²) in [5, 5.41) is 8.36. The van der Waals surface area contributed by atoms with Gasteiger partial charge in [-0.1, -0.05) is 0 Å². The average Bonchev–Trinajstić information content (AvgIpc) is 1.85. The van der Waals surface area contributed by atoms with Crippen LogP contribution in [-0.2, 0) is 4.79 Å². The zero-order valence-electron chi connectivity index (χ0n) is 8.09. The van der Waals surface area contributed by atoms with Crippen molar-refractivity contribution in [1.82, 2.24) is 0 Å². The number of aliphatic carboxylic acids is 1. The third-order valence-corrected chi connectivity index (χ3v) is 1.84. The average molecular weight is 214 g/mol. The first-order valence-corrected chi connectivity index (χ1v) is 4.08. The molecule has 80 valence electrons. The second-order valence-electron chi connectivity index (χ2n) is 3.57. The molecule has 0 saturated carbocycles. The van der Waals surface area contributed by atoms with Crippen LogP contribution < -0.4 is 12.4 Å². The van der Waals surface area contributed by atoms with Gasteiger partial charge in [-0.3, -0.25) is 4.79 Å². The van der Waals surface area contributed by atoms with Crippen molar-refractivity contribution in [2.45, 2.75) is 12.8 Å². The van der Waals surface area contributed by atoms with Crippen molar-refractivity contribution in [1.29, 1.82) is 0 Å². The first-order chi connectivity index (χ1) is 5.48. The molecular formula is C8H17ClFNO2. The predicted molar refractivity (Wildman–Crippen MR) is 44.7 cm³/mol. The van der Waals surface area contributed by atoms with Crippen LogP contribution in [0.15, 0.2) is 0 Å². The Hall–Kier alpha value is -0.350. The number of hydrogen-bond acceptors (Lipinski definition) is 1. The smallest absolute Gasteiger partial charge is 0.303 e. The van der Waals surface area contributed by atoms with Gasteiger partial charge in [-0.25, -0.2) is 4.39 Å². The molecule has 0 rings (SSSR count). The molecule has 13 heavy (non-hydrogen) atoms. The lowest BCUT2D eigenvalue weighted by molar-refractivity contribution is -0.890. The Morgan fingerprint density at radius 3 is 2.31 bits per heavy atom. The fourth-order valence-corrected chi connectivity index (χ4v) is 0.999. The topological polar surface area (TPSA) is 37.3 Å². The number of hydrogen-bond donors (Lipinski definition) is 1. The molecule has 0 aliphatic carbocycles. The highest BCUT2D eigenvalue weighted by molar-refractivity contribution is 5.66. The van der Waals surface area contributed by atoms with Crippen molar-refractivity contribution < 1.29 is 31.2 Å². The van der Waals surface area contributed by atoms with Crippen molar-refractivity contribution in [2.75, 3.05) is 33.9 Å². The number of carboxylic acids is 1. The molecule has 0 aromatic heterocycles. The van der Waals surface area contributed by atoms with E-state index in [2.05, 4.69) is 0 Å². The number of quaternary nitrogens is 1. The van der Waals surface area contributed by atoms with Gasteiger partial charge >= 0.3 is 5.97 Å². The van der Waals surface area contributed by atoms with Crippen LogP contribution in [0.2, 0.25) is 0 Å². The second-order valence-corrected chi connectivity index (χ2v) is 3.57. The fraction of sp³-hybridized carbons (Fsp3) is 0.875. The van der Waals surface area contributed by atoms with Gasteiger partial charge in [0, 0.05) is 6.42 Å². The Balaban J connectivity index is 0. The van der Waals surface area contributed by atoms with Crippen molar-refractivity contribution >= 4 is 5.97 Å². The third-order valence-electron chi connectivity index (χ3n) is 1.84. The highest BCUT2D eigenvalue weighted by Gasteiger charge is 2.14. The van der Waals surface area contributed by atoms with E-state index >= 15 is 0 Å². The number of carboxylic acid groups (broad SMARTS) is 1. The summed E-state index contributed by atoms with van der Waals surface area (Å²) in [7, 11) is 3.81. The summed E-state index contributed by atoms with van der Waals surface area (Å²) < 4.78 is 12.5.